The third-order valence-electron chi connectivity index (χ3n) is 5.07. The first-order valence-corrected chi connectivity index (χ1v) is 7.61. The Bertz CT molecular complexity index is 551. The topological polar surface area (TPSA) is 66.4 Å². The first kappa shape index (κ1) is 11.5. The molecule has 0 radical (unpaired) electrons. The summed E-state index contributed by atoms with van der Waals surface area (Å²) >= 11 is 1.05. The van der Waals surface area contributed by atoms with E-state index in [1.807, 2.05) is 0 Å². The highest BCUT2D eigenvalue weighted by Gasteiger charge is 2.65. The van der Waals surface area contributed by atoms with Crippen molar-refractivity contribution >= 4 is 23.2 Å². The highest BCUT2D eigenvalue weighted by Crippen LogP contribution is 2.65. The smallest absolute Gasteiger partial charge is 0.345 e. The van der Waals surface area contributed by atoms with Crippen LogP contribution < -0.4 is 5.32 Å². The van der Waals surface area contributed by atoms with Gasteiger partial charge in [-0.05, 0) is 55.1 Å². The number of nitrogens with one attached hydrogen (secondary N) is 1. The number of aromatic carboxylic acids is 1. The van der Waals surface area contributed by atoms with Crippen molar-refractivity contribution < 1.29 is 14.7 Å². The molecule has 3 fully saturated rings. The van der Waals surface area contributed by atoms with Crippen LogP contribution in [0.15, 0.2) is 12.1 Å². The average molecular weight is 277 g/mol. The molecule has 4 nitrogen and oxygen atoms in total. The number of carboxylic acids is 1. The van der Waals surface area contributed by atoms with E-state index in [1.165, 1.54) is 25.3 Å². The Morgan fingerprint density at radius 1 is 1.16 bits per heavy atom. The number of fused-ring (bicyclic) bond motifs is 5. The summed E-state index contributed by atoms with van der Waals surface area (Å²) < 4.78 is 0. The van der Waals surface area contributed by atoms with E-state index in [9.17, 15) is 9.59 Å². The van der Waals surface area contributed by atoms with Crippen molar-refractivity contribution in [2.45, 2.75) is 25.3 Å². The Balaban J connectivity index is 1.44. The van der Waals surface area contributed by atoms with Gasteiger partial charge < -0.3 is 10.4 Å². The molecule has 3 saturated carbocycles. The molecule has 0 aromatic carbocycles. The van der Waals surface area contributed by atoms with Crippen molar-refractivity contribution in [3.63, 3.8) is 0 Å². The molecule has 3 aliphatic carbocycles. The van der Waals surface area contributed by atoms with Crippen LogP contribution in [0.2, 0.25) is 0 Å². The van der Waals surface area contributed by atoms with E-state index in [0.29, 0.717) is 22.8 Å². The maximum Gasteiger partial charge on any atom is 0.345 e. The maximum atomic E-state index is 12.1. The predicted molar refractivity (Wildman–Crippen MR) is 70.3 cm³/mol. The second kappa shape index (κ2) is 3.82. The molecule has 2 bridgehead atoms. The Labute approximate surface area is 114 Å². The molecule has 0 aliphatic heterocycles. The number of rotatable bonds is 3. The van der Waals surface area contributed by atoms with E-state index in [1.54, 1.807) is 6.07 Å². The summed E-state index contributed by atoms with van der Waals surface area (Å²) in [7, 11) is 0. The highest BCUT2D eigenvalue weighted by atomic mass is 32.1. The lowest BCUT2D eigenvalue weighted by molar-refractivity contribution is 0.0702. The minimum absolute atomic E-state index is 0.101. The van der Waals surface area contributed by atoms with Crippen LogP contribution in [-0.2, 0) is 0 Å². The van der Waals surface area contributed by atoms with Crippen molar-refractivity contribution in [1.29, 1.82) is 0 Å². The first-order valence-electron chi connectivity index (χ1n) is 6.79. The molecular formula is C14H15NO3S. The molecule has 0 spiro atoms. The summed E-state index contributed by atoms with van der Waals surface area (Å²) in [6.07, 6.45) is 4.03. The molecule has 19 heavy (non-hydrogen) atoms. The number of hydrogen-bond acceptors (Lipinski definition) is 3. The summed E-state index contributed by atoms with van der Waals surface area (Å²) in [5, 5.41) is 12.0. The fraction of sp³-hybridized carbons (Fsp3) is 0.571. The minimum atomic E-state index is -0.967. The number of hydrogen-bond donors (Lipinski definition) is 2. The van der Waals surface area contributed by atoms with Gasteiger partial charge in [-0.3, -0.25) is 4.79 Å². The Hall–Kier alpha value is -1.36. The van der Waals surface area contributed by atoms with Crippen LogP contribution in [0, 0.1) is 23.7 Å². The second-order valence-electron chi connectivity index (χ2n) is 5.96. The molecule has 4 rings (SSSR count). The van der Waals surface area contributed by atoms with Gasteiger partial charge in [0, 0.05) is 6.04 Å². The van der Waals surface area contributed by atoms with E-state index in [4.69, 9.17) is 5.11 Å². The molecule has 2 N–H and O–H groups in total. The number of carbonyl (C=O) groups excluding carboxylic acids is 1. The van der Waals surface area contributed by atoms with Gasteiger partial charge in [-0.25, -0.2) is 4.79 Å². The largest absolute Gasteiger partial charge is 0.477 e. The van der Waals surface area contributed by atoms with E-state index < -0.39 is 5.97 Å². The van der Waals surface area contributed by atoms with Crippen molar-refractivity contribution in [2.75, 3.05) is 0 Å². The van der Waals surface area contributed by atoms with Crippen molar-refractivity contribution in [1.82, 2.24) is 5.32 Å². The van der Waals surface area contributed by atoms with Crippen LogP contribution >= 0.6 is 11.3 Å². The molecule has 1 amide bonds. The van der Waals surface area contributed by atoms with Crippen LogP contribution in [-0.4, -0.2) is 23.0 Å². The van der Waals surface area contributed by atoms with Crippen LogP contribution in [0.4, 0.5) is 0 Å². The monoisotopic (exact) mass is 277 g/mol. The molecule has 3 aliphatic rings. The van der Waals surface area contributed by atoms with E-state index in [2.05, 4.69) is 5.32 Å². The van der Waals surface area contributed by atoms with E-state index in [0.717, 1.165) is 23.2 Å². The van der Waals surface area contributed by atoms with Gasteiger partial charge in [0.25, 0.3) is 5.91 Å². The lowest BCUT2D eigenvalue weighted by Crippen LogP contribution is -2.29. The fourth-order valence-electron chi connectivity index (χ4n) is 4.32. The van der Waals surface area contributed by atoms with Gasteiger partial charge in [-0.1, -0.05) is 0 Å². The first-order chi connectivity index (χ1) is 9.15. The molecule has 0 saturated heterocycles. The van der Waals surface area contributed by atoms with Gasteiger partial charge in [0.2, 0.25) is 0 Å². The summed E-state index contributed by atoms with van der Waals surface area (Å²) in [5.41, 5.74) is 0. The summed E-state index contributed by atoms with van der Waals surface area (Å²) in [5.74, 6) is 2.02. The fourth-order valence-corrected chi connectivity index (χ4v) is 5.06. The highest BCUT2D eigenvalue weighted by molar-refractivity contribution is 7.15. The molecule has 1 aromatic heterocycles. The summed E-state index contributed by atoms with van der Waals surface area (Å²) in [6.45, 7) is 0. The zero-order valence-electron chi connectivity index (χ0n) is 10.3. The summed E-state index contributed by atoms with van der Waals surface area (Å²) in [6, 6.07) is 3.46. The van der Waals surface area contributed by atoms with Gasteiger partial charge in [-0.2, -0.15) is 0 Å². The SMILES string of the molecule is O=C(O)c1ccc(C(=O)NC2C3C4CCC(C4)C23)s1. The Morgan fingerprint density at radius 2 is 1.79 bits per heavy atom. The molecular weight excluding hydrogens is 262 g/mol. The Morgan fingerprint density at radius 3 is 2.37 bits per heavy atom. The van der Waals surface area contributed by atoms with Crippen molar-refractivity contribution in [3.05, 3.63) is 21.9 Å². The minimum Gasteiger partial charge on any atom is -0.477 e. The number of amides is 1. The molecule has 1 aromatic rings. The molecule has 1 heterocycles. The van der Waals surface area contributed by atoms with Crippen LogP contribution in [0.25, 0.3) is 0 Å². The third-order valence-corrected chi connectivity index (χ3v) is 6.15. The van der Waals surface area contributed by atoms with E-state index >= 15 is 0 Å². The second-order valence-corrected chi connectivity index (χ2v) is 7.04. The lowest BCUT2D eigenvalue weighted by atomic mass is 10.0. The van der Waals surface area contributed by atoms with Crippen molar-refractivity contribution in [2.24, 2.45) is 23.7 Å². The van der Waals surface area contributed by atoms with Gasteiger partial charge in [0.1, 0.15) is 4.88 Å². The number of thiophene rings is 1. The zero-order valence-corrected chi connectivity index (χ0v) is 11.2. The van der Waals surface area contributed by atoms with E-state index in [-0.39, 0.29) is 10.8 Å². The van der Waals surface area contributed by atoms with Crippen LogP contribution in [0.1, 0.15) is 38.6 Å². The van der Waals surface area contributed by atoms with Crippen LogP contribution in [0.3, 0.4) is 0 Å². The standard InChI is InChI=1S/C14H15NO3S/c16-13(8-3-4-9(19-8)14(17)18)15-12-10-6-1-2-7(5-6)11(10)12/h3-4,6-7,10-12H,1-2,5H2,(H,15,16)(H,17,18). The predicted octanol–water partition coefficient (Wildman–Crippen LogP) is 2.22. The number of carbonyl (C=O) groups is 2. The quantitative estimate of drug-likeness (QED) is 0.890. The van der Waals surface area contributed by atoms with Crippen LogP contribution in [0.5, 0.6) is 0 Å². The maximum absolute atomic E-state index is 12.1. The zero-order chi connectivity index (χ0) is 13.1. The lowest BCUT2D eigenvalue weighted by Gasteiger charge is -2.09. The van der Waals surface area contributed by atoms with Gasteiger partial charge in [0.05, 0.1) is 4.88 Å². The molecule has 100 valence electrons. The Kier molecular flexibility index (Phi) is 2.31. The average Bonchev–Trinajstić information content (AvgIpc) is 2.87. The van der Waals surface area contributed by atoms with Crippen molar-refractivity contribution in [3.8, 4) is 0 Å². The van der Waals surface area contributed by atoms with Gasteiger partial charge >= 0.3 is 5.97 Å². The molecule has 4 unspecified atom stereocenters. The van der Waals surface area contributed by atoms with Gasteiger partial charge in [-0.15, -0.1) is 11.3 Å². The molecule has 4 atom stereocenters. The normalized spacial score (nSPS) is 38.0. The molecule has 5 heteroatoms. The van der Waals surface area contributed by atoms with Gasteiger partial charge in [0.15, 0.2) is 0 Å². The summed E-state index contributed by atoms with van der Waals surface area (Å²) in [4.78, 5) is 23.6. The number of carboxylic acid groups (broad SMARTS) is 1. The third kappa shape index (κ3) is 1.64.